The van der Waals surface area contributed by atoms with Gasteiger partial charge < -0.3 is 9.13 Å². The Kier molecular flexibility index (Phi) is 8.20. The van der Waals surface area contributed by atoms with Crippen molar-refractivity contribution in [2.45, 2.75) is 78.3 Å². The van der Waals surface area contributed by atoms with E-state index in [0.29, 0.717) is 0 Å². The summed E-state index contributed by atoms with van der Waals surface area (Å²) in [7, 11) is 0. The number of fused-ring (bicyclic) bond motifs is 6. The highest BCUT2D eigenvalue weighted by Crippen LogP contribution is 2.35. The molecule has 44 heavy (non-hydrogen) atoms. The van der Waals surface area contributed by atoms with Crippen LogP contribution in [-0.4, -0.2) is 14.1 Å². The molecule has 0 amide bonds. The van der Waals surface area contributed by atoms with Crippen LogP contribution in [0.2, 0.25) is 0 Å². The van der Waals surface area contributed by atoms with Crippen molar-refractivity contribution in [1.29, 1.82) is 0 Å². The molecule has 0 aliphatic carbocycles. The molecule has 3 heterocycles. The van der Waals surface area contributed by atoms with Crippen molar-refractivity contribution in [2.24, 2.45) is 0 Å². The van der Waals surface area contributed by atoms with Gasteiger partial charge in [0.1, 0.15) is 0 Å². The summed E-state index contributed by atoms with van der Waals surface area (Å²) >= 11 is 0. The largest absolute Gasteiger partial charge is 0.340 e. The quantitative estimate of drug-likeness (QED) is 0.132. The lowest BCUT2D eigenvalue weighted by Crippen LogP contribution is -1.98. The molecule has 0 bridgehead atoms. The van der Waals surface area contributed by atoms with Crippen LogP contribution in [0.25, 0.3) is 66.1 Å². The van der Waals surface area contributed by atoms with E-state index in [4.69, 9.17) is 4.98 Å². The topological polar surface area (TPSA) is 22.8 Å². The van der Waals surface area contributed by atoms with Gasteiger partial charge in [-0.3, -0.25) is 0 Å². The molecule has 3 heteroatoms. The standard InChI is InChI=1S/C41H43N3/c1-3-5-7-13-26-43-38-20-11-9-16-32(38)34-24-22-30(28-40(34)43)36-18-15-19-37(42-36)31-23-25-35-33-17-10-12-21-39(33)44(41(35)29-31)27-14-8-6-4-2/h9-12,15-25,28-29H,3-8,13-14,26-27H2,1-2H3. The van der Waals surface area contributed by atoms with E-state index in [0.717, 1.165) is 24.5 Å². The maximum Gasteiger partial charge on any atom is 0.0710 e. The Morgan fingerprint density at radius 1 is 0.432 bits per heavy atom. The average molecular weight is 578 g/mol. The Labute approximate surface area is 261 Å². The summed E-state index contributed by atoms with van der Waals surface area (Å²) in [5.74, 6) is 0. The van der Waals surface area contributed by atoms with Gasteiger partial charge in [0.15, 0.2) is 0 Å². The van der Waals surface area contributed by atoms with Gasteiger partial charge in [0, 0.05) is 67.8 Å². The summed E-state index contributed by atoms with van der Waals surface area (Å²) in [6, 6.07) is 38.0. The van der Waals surface area contributed by atoms with Gasteiger partial charge >= 0.3 is 0 Å². The lowest BCUT2D eigenvalue weighted by Gasteiger charge is -2.10. The number of hydrogen-bond acceptors (Lipinski definition) is 1. The smallest absolute Gasteiger partial charge is 0.0710 e. The number of pyridine rings is 1. The van der Waals surface area contributed by atoms with Crippen molar-refractivity contribution >= 4 is 43.6 Å². The van der Waals surface area contributed by atoms with E-state index < -0.39 is 0 Å². The highest BCUT2D eigenvalue weighted by Gasteiger charge is 2.14. The summed E-state index contributed by atoms with van der Waals surface area (Å²) in [6.07, 6.45) is 10.1. The first kappa shape index (κ1) is 28.4. The van der Waals surface area contributed by atoms with Gasteiger partial charge in [0.05, 0.1) is 11.4 Å². The van der Waals surface area contributed by atoms with Crippen LogP contribution in [0.15, 0.2) is 103 Å². The second kappa shape index (κ2) is 12.7. The molecule has 0 saturated heterocycles. The summed E-state index contributed by atoms with van der Waals surface area (Å²) < 4.78 is 5.06. The number of aryl methyl sites for hydroxylation is 2. The molecular weight excluding hydrogens is 534 g/mol. The zero-order valence-electron chi connectivity index (χ0n) is 26.2. The zero-order chi connectivity index (χ0) is 29.9. The van der Waals surface area contributed by atoms with Crippen LogP contribution in [0, 0.1) is 0 Å². The van der Waals surface area contributed by atoms with E-state index in [1.807, 2.05) is 0 Å². The molecule has 0 aliphatic rings. The van der Waals surface area contributed by atoms with Crippen LogP contribution < -0.4 is 0 Å². The third-order valence-corrected chi connectivity index (χ3v) is 9.36. The molecule has 222 valence electrons. The first-order valence-electron chi connectivity index (χ1n) is 16.8. The Morgan fingerprint density at radius 2 is 0.886 bits per heavy atom. The number of para-hydroxylation sites is 2. The van der Waals surface area contributed by atoms with Crippen molar-refractivity contribution < 1.29 is 0 Å². The molecule has 3 aromatic heterocycles. The predicted octanol–water partition coefficient (Wildman–Crippen LogP) is 11.8. The Bertz CT molecular complexity index is 1910. The SMILES string of the molecule is CCCCCCn1c2ccccc2c2ccc(-c3cccc(-c4ccc5c6ccccc6n(CCCCCC)c5c4)n3)cc21. The molecule has 7 rings (SSSR count). The van der Waals surface area contributed by atoms with Crippen molar-refractivity contribution in [3.63, 3.8) is 0 Å². The predicted molar refractivity (Wildman–Crippen MR) is 189 cm³/mol. The highest BCUT2D eigenvalue weighted by atomic mass is 15.0. The van der Waals surface area contributed by atoms with Gasteiger partial charge in [0.2, 0.25) is 0 Å². The summed E-state index contributed by atoms with van der Waals surface area (Å²) in [5, 5.41) is 5.33. The van der Waals surface area contributed by atoms with E-state index in [2.05, 4.69) is 126 Å². The first-order valence-corrected chi connectivity index (χ1v) is 16.8. The molecule has 0 aliphatic heterocycles. The minimum absolute atomic E-state index is 1.02. The van der Waals surface area contributed by atoms with Gasteiger partial charge in [-0.05, 0) is 49.2 Å². The van der Waals surface area contributed by atoms with E-state index >= 15 is 0 Å². The normalized spacial score (nSPS) is 11.9. The molecule has 3 nitrogen and oxygen atoms in total. The number of hydrogen-bond donors (Lipinski definition) is 0. The Morgan fingerprint density at radius 3 is 1.36 bits per heavy atom. The van der Waals surface area contributed by atoms with Crippen molar-refractivity contribution in [1.82, 2.24) is 14.1 Å². The Hall–Kier alpha value is -4.37. The molecule has 4 aromatic carbocycles. The number of unbranched alkanes of at least 4 members (excludes halogenated alkanes) is 6. The molecule has 0 atom stereocenters. The molecular formula is C41H43N3. The zero-order valence-corrected chi connectivity index (χ0v) is 26.2. The number of nitrogens with zero attached hydrogens (tertiary/aromatic N) is 3. The molecule has 0 saturated carbocycles. The Balaban J connectivity index is 1.27. The third kappa shape index (κ3) is 5.30. The van der Waals surface area contributed by atoms with Crippen molar-refractivity contribution in [3.05, 3.63) is 103 Å². The summed E-state index contributed by atoms with van der Waals surface area (Å²) in [6.45, 7) is 6.65. The van der Waals surface area contributed by atoms with E-state index in [1.54, 1.807) is 0 Å². The second-order valence-electron chi connectivity index (χ2n) is 12.3. The fourth-order valence-corrected chi connectivity index (χ4v) is 7.05. The highest BCUT2D eigenvalue weighted by molar-refractivity contribution is 6.10. The monoisotopic (exact) mass is 577 g/mol. The lowest BCUT2D eigenvalue weighted by atomic mass is 10.0. The summed E-state index contributed by atoms with van der Waals surface area (Å²) in [5.41, 5.74) is 9.65. The third-order valence-electron chi connectivity index (χ3n) is 9.36. The molecule has 0 radical (unpaired) electrons. The fourth-order valence-electron chi connectivity index (χ4n) is 7.05. The number of aromatic nitrogens is 3. The molecule has 7 aromatic rings. The van der Waals surface area contributed by atoms with Crippen LogP contribution in [0.3, 0.4) is 0 Å². The van der Waals surface area contributed by atoms with Gasteiger partial charge in [0.25, 0.3) is 0 Å². The second-order valence-corrected chi connectivity index (χ2v) is 12.3. The minimum atomic E-state index is 1.02. The number of benzene rings is 4. The van der Waals surface area contributed by atoms with Crippen LogP contribution in [0.5, 0.6) is 0 Å². The first-order chi connectivity index (χ1) is 21.8. The number of rotatable bonds is 12. The van der Waals surface area contributed by atoms with Crippen molar-refractivity contribution in [3.8, 4) is 22.5 Å². The summed E-state index contributed by atoms with van der Waals surface area (Å²) in [4.78, 5) is 5.25. The van der Waals surface area contributed by atoms with Gasteiger partial charge in [-0.25, -0.2) is 4.98 Å². The van der Waals surface area contributed by atoms with E-state index in [-0.39, 0.29) is 0 Å². The van der Waals surface area contributed by atoms with Crippen LogP contribution in [0.1, 0.15) is 65.2 Å². The minimum Gasteiger partial charge on any atom is -0.340 e. The van der Waals surface area contributed by atoms with Gasteiger partial charge in [-0.1, -0.05) is 119 Å². The fraction of sp³-hybridized carbons (Fsp3) is 0.293. The van der Waals surface area contributed by atoms with Gasteiger partial charge in [-0.2, -0.15) is 0 Å². The van der Waals surface area contributed by atoms with Gasteiger partial charge in [-0.15, -0.1) is 0 Å². The maximum absolute atomic E-state index is 5.25. The maximum atomic E-state index is 5.25. The van der Waals surface area contributed by atoms with Crippen molar-refractivity contribution in [2.75, 3.05) is 0 Å². The van der Waals surface area contributed by atoms with E-state index in [1.165, 1.54) is 106 Å². The van der Waals surface area contributed by atoms with Crippen LogP contribution >= 0.6 is 0 Å². The average Bonchev–Trinajstić information content (AvgIpc) is 3.56. The molecule has 0 unspecified atom stereocenters. The molecule has 0 spiro atoms. The van der Waals surface area contributed by atoms with Crippen LogP contribution in [-0.2, 0) is 13.1 Å². The molecule has 0 N–H and O–H groups in total. The molecule has 0 fully saturated rings. The lowest BCUT2D eigenvalue weighted by molar-refractivity contribution is 0.602. The van der Waals surface area contributed by atoms with E-state index in [9.17, 15) is 0 Å². The van der Waals surface area contributed by atoms with Crippen LogP contribution in [0.4, 0.5) is 0 Å².